The summed E-state index contributed by atoms with van der Waals surface area (Å²) in [5.41, 5.74) is -0.00849. The smallest absolute Gasteiger partial charge is 0.276 e. The molecule has 1 aromatic rings. The van der Waals surface area contributed by atoms with Crippen molar-refractivity contribution in [2.75, 3.05) is 6.54 Å². The molecule has 0 aliphatic heterocycles. The number of hydrogen-bond acceptors (Lipinski definition) is 3. The first-order chi connectivity index (χ1) is 8.00. The molecule has 17 heavy (non-hydrogen) atoms. The maximum Gasteiger partial charge on any atom is 0.276 e. The van der Waals surface area contributed by atoms with Crippen LogP contribution in [0.1, 0.15) is 12.5 Å². The maximum atomic E-state index is 12.9. The predicted molar refractivity (Wildman–Crippen MR) is 60.8 cm³/mol. The highest BCUT2D eigenvalue weighted by atomic mass is 19.1. The van der Waals surface area contributed by atoms with Crippen LogP contribution >= 0.6 is 0 Å². The van der Waals surface area contributed by atoms with Gasteiger partial charge in [0.2, 0.25) is 5.91 Å². The molecule has 1 rings (SSSR count). The molecule has 5 nitrogen and oxygen atoms in total. The summed E-state index contributed by atoms with van der Waals surface area (Å²) in [6.07, 6.45) is 2.92. The van der Waals surface area contributed by atoms with Gasteiger partial charge >= 0.3 is 0 Å². The Hall–Kier alpha value is -2.24. The standard InChI is InChI=1S/C11H11FN2O3/c1-8(15)13-6-2-3-9-7-10(12)4-5-11(9)14(16)17/h2-5,7H,6H2,1H3,(H,13,15). The van der Waals surface area contributed by atoms with Crippen LogP contribution in [0.4, 0.5) is 10.1 Å². The minimum absolute atomic E-state index is 0.167. The molecular formula is C11H11FN2O3. The Balaban J connectivity index is 2.85. The van der Waals surface area contributed by atoms with E-state index in [2.05, 4.69) is 5.32 Å². The Kier molecular flexibility index (Phi) is 4.33. The normalized spacial score (nSPS) is 10.5. The molecule has 0 spiro atoms. The number of nitrogens with zero attached hydrogens (tertiary/aromatic N) is 1. The van der Waals surface area contributed by atoms with E-state index in [1.165, 1.54) is 19.1 Å². The number of carbonyl (C=O) groups is 1. The number of hydrogen-bond donors (Lipinski definition) is 1. The van der Waals surface area contributed by atoms with Gasteiger partial charge < -0.3 is 5.32 Å². The van der Waals surface area contributed by atoms with E-state index >= 15 is 0 Å². The quantitative estimate of drug-likeness (QED) is 0.643. The number of nitrogens with one attached hydrogen (secondary N) is 1. The fourth-order valence-electron chi connectivity index (χ4n) is 1.21. The van der Waals surface area contributed by atoms with Crippen LogP contribution in [0, 0.1) is 15.9 Å². The van der Waals surface area contributed by atoms with E-state index in [1.807, 2.05) is 0 Å². The van der Waals surface area contributed by atoms with Crippen molar-refractivity contribution in [3.8, 4) is 0 Å². The summed E-state index contributed by atoms with van der Waals surface area (Å²) in [7, 11) is 0. The lowest BCUT2D eigenvalue weighted by atomic mass is 10.1. The number of halogens is 1. The molecule has 0 aromatic heterocycles. The summed E-state index contributed by atoms with van der Waals surface area (Å²) >= 11 is 0. The van der Waals surface area contributed by atoms with Gasteiger partial charge in [0.15, 0.2) is 0 Å². The molecule has 0 heterocycles. The molecule has 0 aliphatic rings. The van der Waals surface area contributed by atoms with Crippen molar-refractivity contribution < 1.29 is 14.1 Å². The number of carbonyl (C=O) groups excluding carboxylic acids is 1. The summed E-state index contributed by atoms with van der Waals surface area (Å²) < 4.78 is 12.9. The van der Waals surface area contributed by atoms with Crippen molar-refractivity contribution in [1.29, 1.82) is 0 Å². The zero-order valence-corrected chi connectivity index (χ0v) is 9.14. The minimum atomic E-state index is -0.586. The van der Waals surface area contributed by atoms with Gasteiger partial charge in [0.25, 0.3) is 5.69 Å². The van der Waals surface area contributed by atoms with Crippen molar-refractivity contribution in [3.63, 3.8) is 0 Å². The summed E-state index contributed by atoms with van der Waals surface area (Å²) in [4.78, 5) is 20.6. The Morgan fingerprint density at radius 3 is 2.88 bits per heavy atom. The molecule has 1 amide bonds. The lowest BCUT2D eigenvalue weighted by molar-refractivity contribution is -0.385. The van der Waals surface area contributed by atoms with Gasteiger partial charge in [-0.15, -0.1) is 0 Å². The monoisotopic (exact) mass is 238 g/mol. The largest absolute Gasteiger partial charge is 0.353 e. The minimum Gasteiger partial charge on any atom is -0.353 e. The van der Waals surface area contributed by atoms with E-state index in [9.17, 15) is 19.3 Å². The zero-order chi connectivity index (χ0) is 12.8. The molecule has 0 bridgehead atoms. The first-order valence-corrected chi connectivity index (χ1v) is 4.85. The third-order valence-corrected chi connectivity index (χ3v) is 1.95. The molecule has 0 saturated heterocycles. The van der Waals surface area contributed by atoms with E-state index in [0.29, 0.717) is 0 Å². The van der Waals surface area contributed by atoms with Gasteiger partial charge in [0.1, 0.15) is 5.82 Å². The van der Waals surface area contributed by atoms with Gasteiger partial charge in [0, 0.05) is 19.5 Å². The SMILES string of the molecule is CC(=O)NCC=Cc1cc(F)ccc1[N+](=O)[O-]. The average molecular weight is 238 g/mol. The molecular weight excluding hydrogens is 227 g/mol. The Morgan fingerprint density at radius 2 is 2.29 bits per heavy atom. The van der Waals surface area contributed by atoms with Gasteiger partial charge in [-0.05, 0) is 12.1 Å². The van der Waals surface area contributed by atoms with Crippen LogP contribution in [-0.4, -0.2) is 17.4 Å². The molecule has 0 fully saturated rings. The lowest BCUT2D eigenvalue weighted by Crippen LogP contribution is -2.19. The van der Waals surface area contributed by atoms with Crippen molar-refractivity contribution >= 4 is 17.7 Å². The van der Waals surface area contributed by atoms with Crippen molar-refractivity contribution in [2.24, 2.45) is 0 Å². The highest BCUT2D eigenvalue weighted by Crippen LogP contribution is 2.20. The van der Waals surface area contributed by atoms with Crippen LogP contribution in [0.3, 0.4) is 0 Å². The van der Waals surface area contributed by atoms with Crippen molar-refractivity contribution in [3.05, 3.63) is 45.8 Å². The fraction of sp³-hybridized carbons (Fsp3) is 0.182. The number of rotatable bonds is 4. The molecule has 0 saturated carbocycles. The molecule has 90 valence electrons. The lowest BCUT2D eigenvalue weighted by Gasteiger charge is -1.98. The Labute approximate surface area is 97.1 Å². The van der Waals surface area contributed by atoms with Crippen LogP contribution in [0.5, 0.6) is 0 Å². The van der Waals surface area contributed by atoms with Crippen LogP contribution in [0.15, 0.2) is 24.3 Å². The maximum absolute atomic E-state index is 12.9. The molecule has 0 atom stereocenters. The van der Waals surface area contributed by atoms with E-state index < -0.39 is 10.7 Å². The van der Waals surface area contributed by atoms with Crippen LogP contribution in [0.25, 0.3) is 6.08 Å². The van der Waals surface area contributed by atoms with Crippen molar-refractivity contribution in [1.82, 2.24) is 5.32 Å². The zero-order valence-electron chi connectivity index (χ0n) is 9.14. The summed E-state index contributed by atoms with van der Waals surface area (Å²) in [5.74, 6) is -0.752. The van der Waals surface area contributed by atoms with Crippen LogP contribution < -0.4 is 5.32 Å². The third kappa shape index (κ3) is 4.02. The number of amides is 1. The third-order valence-electron chi connectivity index (χ3n) is 1.95. The number of nitro groups is 1. The fourth-order valence-corrected chi connectivity index (χ4v) is 1.21. The molecule has 0 radical (unpaired) electrons. The Bertz CT molecular complexity index is 472. The topological polar surface area (TPSA) is 72.2 Å². The molecule has 1 aromatic carbocycles. The summed E-state index contributed by atoms with van der Waals surface area (Å²) in [5, 5.41) is 13.1. The van der Waals surface area contributed by atoms with E-state index in [0.717, 1.165) is 18.2 Å². The van der Waals surface area contributed by atoms with Crippen LogP contribution in [0.2, 0.25) is 0 Å². The van der Waals surface area contributed by atoms with Gasteiger partial charge in [-0.25, -0.2) is 4.39 Å². The van der Waals surface area contributed by atoms with E-state index in [-0.39, 0.29) is 23.7 Å². The summed E-state index contributed by atoms with van der Waals surface area (Å²) in [6, 6.07) is 3.21. The first kappa shape index (κ1) is 12.8. The molecule has 0 unspecified atom stereocenters. The molecule has 1 N–H and O–H groups in total. The predicted octanol–water partition coefficient (Wildman–Crippen LogP) is 1.88. The molecule has 0 aliphatic carbocycles. The van der Waals surface area contributed by atoms with Crippen molar-refractivity contribution in [2.45, 2.75) is 6.92 Å². The molecule has 6 heteroatoms. The average Bonchev–Trinajstić information content (AvgIpc) is 2.23. The highest BCUT2D eigenvalue weighted by Gasteiger charge is 2.11. The van der Waals surface area contributed by atoms with E-state index in [1.54, 1.807) is 0 Å². The summed E-state index contributed by atoms with van der Waals surface area (Å²) in [6.45, 7) is 1.60. The van der Waals surface area contributed by atoms with Gasteiger partial charge in [0.05, 0.1) is 10.5 Å². The van der Waals surface area contributed by atoms with Gasteiger partial charge in [-0.3, -0.25) is 14.9 Å². The second-order valence-corrected chi connectivity index (χ2v) is 3.30. The van der Waals surface area contributed by atoms with E-state index in [4.69, 9.17) is 0 Å². The first-order valence-electron chi connectivity index (χ1n) is 4.85. The second kappa shape index (κ2) is 5.74. The Morgan fingerprint density at radius 1 is 1.59 bits per heavy atom. The van der Waals surface area contributed by atoms with Gasteiger partial charge in [-0.1, -0.05) is 12.2 Å². The second-order valence-electron chi connectivity index (χ2n) is 3.30. The number of nitro benzene ring substituents is 1. The van der Waals surface area contributed by atoms with Gasteiger partial charge in [-0.2, -0.15) is 0 Å². The number of benzene rings is 1. The highest BCUT2D eigenvalue weighted by molar-refractivity contribution is 5.73. The van der Waals surface area contributed by atoms with Crippen LogP contribution in [-0.2, 0) is 4.79 Å².